The molecule has 10 heteroatoms. The van der Waals surface area contributed by atoms with Crippen molar-refractivity contribution in [3.8, 4) is 23.0 Å². The summed E-state index contributed by atoms with van der Waals surface area (Å²) in [5, 5.41) is 22.6. The molecule has 6 rings (SSSR count). The normalized spacial score (nSPS) is 15.2. The lowest BCUT2D eigenvalue weighted by Gasteiger charge is -2.39. The van der Waals surface area contributed by atoms with Crippen molar-refractivity contribution in [2.75, 3.05) is 24.5 Å². The number of carbonyl (C=O) groups is 1. The molecule has 222 valence electrons. The highest BCUT2D eigenvalue weighted by Crippen LogP contribution is 2.36. The molecule has 1 N–H and O–H groups in total. The predicted octanol–water partition coefficient (Wildman–Crippen LogP) is 5.80. The van der Waals surface area contributed by atoms with E-state index in [0.29, 0.717) is 40.3 Å². The number of hydrogen-bond acceptors (Lipinski definition) is 7. The van der Waals surface area contributed by atoms with E-state index < -0.39 is 11.8 Å². The number of aryl methyl sites for hydroxylation is 2. The quantitative estimate of drug-likeness (QED) is 0.280. The highest BCUT2D eigenvalue weighted by molar-refractivity contribution is 6.01. The van der Waals surface area contributed by atoms with Crippen LogP contribution in [0.2, 0.25) is 0 Å². The summed E-state index contributed by atoms with van der Waals surface area (Å²) in [7, 11) is 0. The second-order valence-electron chi connectivity index (χ2n) is 11.7. The Balaban J connectivity index is 1.72. The van der Waals surface area contributed by atoms with Crippen LogP contribution >= 0.6 is 0 Å². The first-order chi connectivity index (χ1) is 21.1. The van der Waals surface area contributed by atoms with Crippen LogP contribution in [0.3, 0.4) is 0 Å². The summed E-state index contributed by atoms with van der Waals surface area (Å²) in [6, 6.07) is 17.7. The number of pyridine rings is 2. The van der Waals surface area contributed by atoms with Gasteiger partial charge in [0.05, 0.1) is 28.0 Å². The van der Waals surface area contributed by atoms with Crippen molar-refractivity contribution in [2.45, 2.75) is 46.6 Å². The van der Waals surface area contributed by atoms with Crippen LogP contribution in [-0.4, -0.2) is 61.3 Å². The first-order valence-corrected chi connectivity index (χ1v) is 14.7. The van der Waals surface area contributed by atoms with Crippen LogP contribution in [0.1, 0.15) is 49.1 Å². The van der Waals surface area contributed by atoms with E-state index in [0.717, 1.165) is 33.2 Å². The number of anilines is 1. The average Bonchev–Trinajstić information content (AvgIpc) is 3.00. The van der Waals surface area contributed by atoms with E-state index in [1.165, 1.54) is 9.47 Å². The zero-order chi connectivity index (χ0) is 31.3. The lowest BCUT2D eigenvalue weighted by Crippen LogP contribution is -2.54. The summed E-state index contributed by atoms with van der Waals surface area (Å²) >= 11 is 0. The number of nitriles is 1. The smallest absolute Gasteiger partial charge is 0.407 e. The van der Waals surface area contributed by atoms with Crippen molar-refractivity contribution in [3.63, 3.8) is 0 Å². The van der Waals surface area contributed by atoms with Gasteiger partial charge in [-0.3, -0.25) is 4.98 Å². The van der Waals surface area contributed by atoms with Gasteiger partial charge >= 0.3 is 11.8 Å². The molecule has 44 heavy (non-hydrogen) atoms. The molecule has 2 aromatic carbocycles. The molecule has 1 atom stereocenters. The van der Waals surface area contributed by atoms with Crippen LogP contribution in [0.15, 0.2) is 59.5 Å². The molecule has 3 aromatic heterocycles. The third-order valence-corrected chi connectivity index (χ3v) is 8.43. The molecular formula is C34H33N7O3. The van der Waals surface area contributed by atoms with E-state index in [9.17, 15) is 20.0 Å². The van der Waals surface area contributed by atoms with Gasteiger partial charge in [-0.1, -0.05) is 50.2 Å². The minimum Gasteiger partial charge on any atom is -0.465 e. The number of carboxylic acid groups (broad SMARTS) is 1. The summed E-state index contributed by atoms with van der Waals surface area (Å²) in [4.78, 5) is 43.5. The lowest BCUT2D eigenvalue weighted by molar-refractivity contribution is 0.136. The molecule has 0 radical (unpaired) electrons. The first kappa shape index (κ1) is 28.8. The Morgan fingerprint density at radius 1 is 1.07 bits per heavy atom. The van der Waals surface area contributed by atoms with Gasteiger partial charge in [0.15, 0.2) is 5.65 Å². The average molecular weight is 588 g/mol. The molecule has 0 saturated carbocycles. The first-order valence-electron chi connectivity index (χ1n) is 14.7. The third-order valence-electron chi connectivity index (χ3n) is 8.43. The number of piperazine rings is 1. The monoisotopic (exact) mass is 587 g/mol. The largest absolute Gasteiger partial charge is 0.465 e. The summed E-state index contributed by atoms with van der Waals surface area (Å²) in [5.41, 5.74) is 4.73. The standard InChI is InChI=1S/C34H33N7O3/c1-19(2)28-30(21(4)12-13-36-28)41-32-26(31(38-33(41)42)40-15-14-39(34(43)44)18-22(40)5)16-24(17-35)29(37-32)25-11-7-10-23-9-6-8-20(3)27(23)25/h6-13,16,19,22H,14-15,18H2,1-5H3,(H,43,44). The van der Waals surface area contributed by atoms with E-state index in [-0.39, 0.29) is 25.0 Å². The SMILES string of the molecule is Cc1ccnc(C(C)C)c1-n1c(=O)nc(N2CCN(C(=O)O)CC2C)c2cc(C#N)c(-c3cccc4cccc(C)c34)nc21. The Kier molecular flexibility index (Phi) is 7.25. The van der Waals surface area contributed by atoms with Crippen LogP contribution in [0.25, 0.3) is 38.8 Å². The van der Waals surface area contributed by atoms with E-state index in [1.54, 1.807) is 12.3 Å². The lowest BCUT2D eigenvalue weighted by atomic mass is 9.95. The molecule has 1 saturated heterocycles. The van der Waals surface area contributed by atoms with Gasteiger partial charge in [0, 0.05) is 37.4 Å². The molecule has 0 aliphatic carbocycles. The number of amides is 1. The zero-order valence-corrected chi connectivity index (χ0v) is 25.4. The van der Waals surface area contributed by atoms with Crippen LogP contribution in [0.4, 0.5) is 10.6 Å². The molecule has 5 aromatic rings. The van der Waals surface area contributed by atoms with Crippen molar-refractivity contribution in [1.29, 1.82) is 5.26 Å². The molecule has 10 nitrogen and oxygen atoms in total. The number of nitrogens with zero attached hydrogens (tertiary/aromatic N) is 7. The van der Waals surface area contributed by atoms with Gasteiger partial charge in [-0.25, -0.2) is 19.1 Å². The Bertz CT molecular complexity index is 2060. The van der Waals surface area contributed by atoms with E-state index in [4.69, 9.17) is 4.98 Å². The number of hydrogen-bond donors (Lipinski definition) is 1. The van der Waals surface area contributed by atoms with Gasteiger partial charge in [0.25, 0.3) is 0 Å². The summed E-state index contributed by atoms with van der Waals surface area (Å²) < 4.78 is 1.53. The fraction of sp³-hybridized carbons (Fsp3) is 0.294. The minimum absolute atomic E-state index is 0.00853. The minimum atomic E-state index is -0.985. The van der Waals surface area contributed by atoms with Gasteiger partial charge in [0.1, 0.15) is 11.9 Å². The number of rotatable bonds is 4. The fourth-order valence-electron chi connectivity index (χ4n) is 6.30. The fourth-order valence-corrected chi connectivity index (χ4v) is 6.30. The number of fused-ring (bicyclic) bond motifs is 2. The van der Waals surface area contributed by atoms with Gasteiger partial charge < -0.3 is 14.9 Å². The Morgan fingerprint density at radius 2 is 1.82 bits per heavy atom. The van der Waals surface area contributed by atoms with Crippen molar-refractivity contribution in [1.82, 2.24) is 24.4 Å². The second-order valence-corrected chi connectivity index (χ2v) is 11.7. The topological polar surface area (TPSA) is 128 Å². The number of benzene rings is 2. The molecule has 4 heterocycles. The van der Waals surface area contributed by atoms with E-state index >= 15 is 0 Å². The van der Waals surface area contributed by atoms with Crippen LogP contribution in [0.5, 0.6) is 0 Å². The van der Waals surface area contributed by atoms with Gasteiger partial charge in [-0.05, 0) is 60.7 Å². The van der Waals surface area contributed by atoms with Gasteiger partial charge in [-0.15, -0.1) is 0 Å². The highest BCUT2D eigenvalue weighted by Gasteiger charge is 2.31. The molecule has 1 aliphatic rings. The van der Waals surface area contributed by atoms with Crippen LogP contribution in [0, 0.1) is 25.2 Å². The second kappa shape index (κ2) is 11.1. The summed E-state index contributed by atoms with van der Waals surface area (Å²) in [6.07, 6.45) is 0.750. The number of aromatic nitrogens is 4. The molecule has 1 unspecified atom stereocenters. The molecular weight excluding hydrogens is 554 g/mol. The van der Waals surface area contributed by atoms with E-state index in [1.807, 2.05) is 82.0 Å². The summed E-state index contributed by atoms with van der Waals surface area (Å²) in [5.74, 6) is 0.394. The Labute approximate surface area is 254 Å². The van der Waals surface area contributed by atoms with Crippen molar-refractivity contribution < 1.29 is 9.90 Å². The predicted molar refractivity (Wildman–Crippen MR) is 171 cm³/mol. The van der Waals surface area contributed by atoms with Crippen molar-refractivity contribution in [2.24, 2.45) is 0 Å². The van der Waals surface area contributed by atoms with Crippen LogP contribution < -0.4 is 10.6 Å². The maximum absolute atomic E-state index is 14.2. The molecule has 1 fully saturated rings. The Hall–Kier alpha value is -5.30. The maximum Gasteiger partial charge on any atom is 0.407 e. The van der Waals surface area contributed by atoms with Crippen molar-refractivity contribution in [3.05, 3.63) is 87.6 Å². The van der Waals surface area contributed by atoms with Crippen molar-refractivity contribution >= 4 is 33.7 Å². The van der Waals surface area contributed by atoms with E-state index in [2.05, 4.69) is 16.0 Å². The molecule has 1 amide bonds. The molecule has 0 bridgehead atoms. The Morgan fingerprint density at radius 3 is 2.50 bits per heavy atom. The molecule has 0 spiro atoms. The summed E-state index contributed by atoms with van der Waals surface area (Å²) in [6.45, 7) is 10.8. The highest BCUT2D eigenvalue weighted by atomic mass is 16.4. The zero-order valence-electron chi connectivity index (χ0n) is 25.4. The third kappa shape index (κ3) is 4.71. The maximum atomic E-state index is 14.2. The van der Waals surface area contributed by atoms with Crippen LogP contribution in [-0.2, 0) is 0 Å². The van der Waals surface area contributed by atoms with Gasteiger partial charge in [-0.2, -0.15) is 10.2 Å². The van der Waals surface area contributed by atoms with Gasteiger partial charge in [0.2, 0.25) is 0 Å². The molecule has 1 aliphatic heterocycles.